The van der Waals surface area contributed by atoms with Crippen molar-refractivity contribution in [3.8, 4) is 17.2 Å². The fourth-order valence-corrected chi connectivity index (χ4v) is 2.56. The smallest absolute Gasteiger partial charge is 0.142 e. The molecule has 0 fully saturated rings. The van der Waals surface area contributed by atoms with Gasteiger partial charge >= 0.3 is 0 Å². The molecule has 0 aliphatic rings. The molecule has 4 nitrogen and oxygen atoms in total. The van der Waals surface area contributed by atoms with Crippen LogP contribution in [0.2, 0.25) is 0 Å². The molecule has 3 aromatic rings. The molecular formula is C23H25NO3. The number of benzene rings is 3. The number of aryl methyl sites for hydroxylation is 1. The van der Waals surface area contributed by atoms with Crippen molar-refractivity contribution in [3.63, 3.8) is 0 Å². The summed E-state index contributed by atoms with van der Waals surface area (Å²) in [5, 5.41) is 3.36. The van der Waals surface area contributed by atoms with Crippen LogP contribution in [0.25, 0.3) is 0 Å². The Labute approximate surface area is 160 Å². The monoisotopic (exact) mass is 363 g/mol. The van der Waals surface area contributed by atoms with Gasteiger partial charge in [0, 0.05) is 6.54 Å². The molecule has 0 atom stereocenters. The van der Waals surface area contributed by atoms with Crippen LogP contribution in [-0.4, -0.2) is 26.4 Å². The summed E-state index contributed by atoms with van der Waals surface area (Å²) < 4.78 is 17.3. The molecule has 3 aromatic carbocycles. The van der Waals surface area contributed by atoms with Crippen LogP contribution in [0.5, 0.6) is 17.2 Å². The average Bonchev–Trinajstić information content (AvgIpc) is 2.71. The molecular weight excluding hydrogens is 338 g/mol. The number of para-hydroxylation sites is 3. The summed E-state index contributed by atoms with van der Waals surface area (Å²) in [6.45, 7) is 4.30. The lowest BCUT2D eigenvalue weighted by Gasteiger charge is -2.14. The van der Waals surface area contributed by atoms with Crippen molar-refractivity contribution in [3.05, 3.63) is 84.4 Å². The fraction of sp³-hybridized carbons (Fsp3) is 0.217. The van der Waals surface area contributed by atoms with Gasteiger partial charge in [0.25, 0.3) is 0 Å². The highest BCUT2D eigenvalue weighted by molar-refractivity contribution is 5.56. The number of ether oxygens (including phenoxy) is 3. The van der Waals surface area contributed by atoms with Crippen LogP contribution in [0, 0.1) is 6.92 Å². The van der Waals surface area contributed by atoms with Gasteiger partial charge in [-0.15, -0.1) is 0 Å². The summed E-state index contributed by atoms with van der Waals surface area (Å²) in [5.41, 5.74) is 2.17. The van der Waals surface area contributed by atoms with E-state index in [1.54, 1.807) is 0 Å². The van der Waals surface area contributed by atoms with Crippen LogP contribution in [0.15, 0.2) is 78.9 Å². The Morgan fingerprint density at radius 1 is 0.630 bits per heavy atom. The van der Waals surface area contributed by atoms with Gasteiger partial charge in [-0.2, -0.15) is 0 Å². The molecule has 0 heterocycles. The molecule has 0 radical (unpaired) electrons. The van der Waals surface area contributed by atoms with E-state index in [0.717, 1.165) is 22.9 Å². The largest absolute Gasteiger partial charge is 0.492 e. The molecule has 27 heavy (non-hydrogen) atoms. The van der Waals surface area contributed by atoms with Crippen LogP contribution in [0.1, 0.15) is 5.56 Å². The minimum Gasteiger partial charge on any atom is -0.492 e. The molecule has 1 N–H and O–H groups in total. The highest BCUT2D eigenvalue weighted by Gasteiger charge is 2.03. The molecule has 4 heteroatoms. The zero-order valence-corrected chi connectivity index (χ0v) is 15.6. The van der Waals surface area contributed by atoms with E-state index in [9.17, 15) is 0 Å². The first-order valence-electron chi connectivity index (χ1n) is 9.14. The number of hydrogen-bond donors (Lipinski definition) is 1. The van der Waals surface area contributed by atoms with Crippen LogP contribution in [0.4, 0.5) is 5.69 Å². The third-order valence-electron chi connectivity index (χ3n) is 3.95. The van der Waals surface area contributed by atoms with E-state index in [1.165, 1.54) is 5.56 Å². The van der Waals surface area contributed by atoms with Crippen molar-refractivity contribution in [2.75, 3.05) is 31.7 Å². The zero-order valence-electron chi connectivity index (χ0n) is 15.6. The molecule has 0 bridgehead atoms. The number of anilines is 1. The average molecular weight is 363 g/mol. The Morgan fingerprint density at radius 2 is 1.26 bits per heavy atom. The highest BCUT2D eigenvalue weighted by atomic mass is 16.5. The Bertz CT molecular complexity index is 803. The van der Waals surface area contributed by atoms with Gasteiger partial charge in [-0.3, -0.25) is 0 Å². The predicted octanol–water partition coefficient (Wildman–Crippen LogP) is 4.94. The summed E-state index contributed by atoms with van der Waals surface area (Å²) in [6, 6.07) is 25.7. The third-order valence-corrected chi connectivity index (χ3v) is 3.95. The van der Waals surface area contributed by atoms with Crippen molar-refractivity contribution in [1.29, 1.82) is 0 Å². The van der Waals surface area contributed by atoms with Crippen LogP contribution in [0.3, 0.4) is 0 Å². The Balaban J connectivity index is 1.41. The molecule has 0 unspecified atom stereocenters. The van der Waals surface area contributed by atoms with Crippen molar-refractivity contribution in [2.45, 2.75) is 6.92 Å². The van der Waals surface area contributed by atoms with Crippen molar-refractivity contribution < 1.29 is 14.2 Å². The quantitative estimate of drug-likeness (QED) is 0.518. The second-order valence-electron chi connectivity index (χ2n) is 6.09. The summed E-state index contributed by atoms with van der Waals surface area (Å²) in [4.78, 5) is 0. The van der Waals surface area contributed by atoms with Gasteiger partial charge in [0.1, 0.15) is 37.1 Å². The summed E-state index contributed by atoms with van der Waals surface area (Å²) in [5.74, 6) is 2.54. The first-order chi connectivity index (χ1) is 13.3. The number of hydrogen-bond acceptors (Lipinski definition) is 4. The van der Waals surface area contributed by atoms with Crippen molar-refractivity contribution >= 4 is 5.69 Å². The Hall–Kier alpha value is -3.14. The van der Waals surface area contributed by atoms with Crippen LogP contribution < -0.4 is 19.5 Å². The van der Waals surface area contributed by atoms with Gasteiger partial charge in [-0.25, -0.2) is 0 Å². The van der Waals surface area contributed by atoms with E-state index in [2.05, 4.69) is 12.2 Å². The third kappa shape index (κ3) is 6.26. The van der Waals surface area contributed by atoms with Gasteiger partial charge in [-0.05, 0) is 43.3 Å². The second kappa shape index (κ2) is 10.1. The molecule has 0 spiro atoms. The minimum absolute atomic E-state index is 0.480. The van der Waals surface area contributed by atoms with E-state index < -0.39 is 0 Å². The van der Waals surface area contributed by atoms with E-state index in [4.69, 9.17) is 14.2 Å². The predicted molar refractivity (Wildman–Crippen MR) is 109 cm³/mol. The number of nitrogens with one attached hydrogen (secondary N) is 1. The summed E-state index contributed by atoms with van der Waals surface area (Å²) in [6.07, 6.45) is 0. The molecule has 140 valence electrons. The molecule has 0 aliphatic carbocycles. The maximum absolute atomic E-state index is 5.86. The van der Waals surface area contributed by atoms with Crippen molar-refractivity contribution in [2.24, 2.45) is 0 Å². The van der Waals surface area contributed by atoms with E-state index in [0.29, 0.717) is 26.4 Å². The van der Waals surface area contributed by atoms with Crippen LogP contribution in [-0.2, 0) is 0 Å². The van der Waals surface area contributed by atoms with Gasteiger partial charge in [0.2, 0.25) is 0 Å². The number of rotatable bonds is 10. The molecule has 0 aromatic heterocycles. The van der Waals surface area contributed by atoms with Gasteiger partial charge in [-0.1, -0.05) is 48.0 Å². The fourth-order valence-electron chi connectivity index (χ4n) is 2.56. The molecule has 0 aliphatic heterocycles. The first-order valence-corrected chi connectivity index (χ1v) is 9.14. The Kier molecular flexibility index (Phi) is 6.99. The summed E-state index contributed by atoms with van der Waals surface area (Å²) in [7, 11) is 0. The first kappa shape index (κ1) is 18.6. The van der Waals surface area contributed by atoms with Gasteiger partial charge < -0.3 is 19.5 Å². The van der Waals surface area contributed by atoms with E-state index in [1.807, 2.05) is 78.9 Å². The molecule has 3 rings (SSSR count). The van der Waals surface area contributed by atoms with Gasteiger partial charge in [0.15, 0.2) is 0 Å². The lowest BCUT2D eigenvalue weighted by molar-refractivity contribution is 0.217. The molecule has 0 saturated carbocycles. The van der Waals surface area contributed by atoms with Crippen molar-refractivity contribution in [1.82, 2.24) is 0 Å². The van der Waals surface area contributed by atoms with E-state index in [-0.39, 0.29) is 0 Å². The highest BCUT2D eigenvalue weighted by Crippen LogP contribution is 2.23. The SMILES string of the molecule is Cc1ccc(OCCNc2ccccc2OCCOc2ccccc2)cc1. The maximum Gasteiger partial charge on any atom is 0.142 e. The lowest BCUT2D eigenvalue weighted by Crippen LogP contribution is -2.14. The molecule has 0 saturated heterocycles. The maximum atomic E-state index is 5.86. The second-order valence-corrected chi connectivity index (χ2v) is 6.09. The lowest BCUT2D eigenvalue weighted by atomic mass is 10.2. The molecule has 0 amide bonds. The minimum atomic E-state index is 0.480. The topological polar surface area (TPSA) is 39.7 Å². The van der Waals surface area contributed by atoms with E-state index >= 15 is 0 Å². The van der Waals surface area contributed by atoms with Gasteiger partial charge in [0.05, 0.1) is 5.69 Å². The van der Waals surface area contributed by atoms with Crippen LogP contribution >= 0.6 is 0 Å². The normalized spacial score (nSPS) is 10.3. The Morgan fingerprint density at radius 3 is 2.07 bits per heavy atom. The zero-order chi connectivity index (χ0) is 18.7. The standard InChI is InChI=1S/C23H25NO3/c1-19-11-13-21(14-12-19)25-16-15-24-22-9-5-6-10-23(22)27-18-17-26-20-7-3-2-4-8-20/h2-14,24H,15-18H2,1H3. The summed E-state index contributed by atoms with van der Waals surface area (Å²) >= 11 is 0.